The first-order valence-electron chi connectivity index (χ1n) is 7.49. The van der Waals surface area contributed by atoms with E-state index in [1.807, 2.05) is 49.3 Å². The van der Waals surface area contributed by atoms with Gasteiger partial charge < -0.3 is 14.8 Å². The molecule has 1 N–H and O–H groups in total. The molecule has 1 amide bonds. The Bertz CT molecular complexity index is 568. The minimum Gasteiger partial charge on any atom is -0.351 e. The number of rotatable bonds is 6. The molecule has 0 aliphatic rings. The second-order valence-electron chi connectivity index (χ2n) is 6.22. The summed E-state index contributed by atoms with van der Waals surface area (Å²) in [5.41, 5.74) is 1.69. The number of aromatic nitrogens is 1. The summed E-state index contributed by atoms with van der Waals surface area (Å²) in [7, 11) is 4.06. The first-order chi connectivity index (χ1) is 9.97. The molecular weight excluding hydrogens is 262 g/mol. The lowest BCUT2D eigenvalue weighted by atomic mass is 10.2. The number of nitrogens with zero attached hydrogens (tertiary/aromatic N) is 2. The maximum atomic E-state index is 12.7. The van der Waals surface area contributed by atoms with Gasteiger partial charge in [0.05, 0.1) is 0 Å². The van der Waals surface area contributed by atoms with Gasteiger partial charge in [-0.1, -0.05) is 32.0 Å². The Kier molecular flexibility index (Phi) is 5.02. The molecule has 0 fully saturated rings. The average molecular weight is 287 g/mol. The zero-order chi connectivity index (χ0) is 15.4. The monoisotopic (exact) mass is 287 g/mol. The van der Waals surface area contributed by atoms with Gasteiger partial charge >= 0.3 is 0 Å². The smallest absolute Gasteiger partial charge is 0.270 e. The number of hydrogen-bond donors (Lipinski definition) is 1. The Balaban J connectivity index is 2.19. The van der Waals surface area contributed by atoms with Gasteiger partial charge in [-0.3, -0.25) is 4.79 Å². The lowest BCUT2D eigenvalue weighted by Crippen LogP contribution is -2.39. The SMILES string of the molecule is CC(C)CN(CCN(C)C)C(=O)c1cc2ccccc2[nH]1. The molecule has 2 rings (SSSR count). The van der Waals surface area contributed by atoms with Crippen LogP contribution in [0.1, 0.15) is 24.3 Å². The van der Waals surface area contributed by atoms with Crippen LogP contribution in [0.3, 0.4) is 0 Å². The molecule has 1 aromatic heterocycles. The molecule has 0 radical (unpaired) electrons. The number of hydrogen-bond acceptors (Lipinski definition) is 2. The predicted octanol–water partition coefficient (Wildman–Crippen LogP) is 2.83. The van der Waals surface area contributed by atoms with E-state index in [2.05, 4.69) is 23.7 Å². The molecule has 4 nitrogen and oxygen atoms in total. The first-order valence-corrected chi connectivity index (χ1v) is 7.49. The van der Waals surface area contributed by atoms with Gasteiger partial charge in [-0.25, -0.2) is 0 Å². The fourth-order valence-electron chi connectivity index (χ4n) is 2.40. The molecule has 4 heteroatoms. The van der Waals surface area contributed by atoms with Gasteiger partial charge in [0, 0.05) is 30.5 Å². The first kappa shape index (κ1) is 15.6. The van der Waals surface area contributed by atoms with Gasteiger partial charge in [0.2, 0.25) is 0 Å². The standard InChI is InChI=1S/C17H25N3O/c1-13(2)12-20(10-9-19(3)4)17(21)16-11-14-7-5-6-8-15(14)18-16/h5-8,11,13,18H,9-10,12H2,1-4H3. The molecule has 0 aliphatic carbocycles. The third-order valence-electron chi connectivity index (χ3n) is 3.45. The number of carbonyl (C=O) groups is 1. The molecule has 2 aromatic rings. The normalized spacial score (nSPS) is 11.5. The van der Waals surface area contributed by atoms with Crippen LogP contribution in [0.25, 0.3) is 10.9 Å². The number of fused-ring (bicyclic) bond motifs is 1. The van der Waals surface area contributed by atoms with Gasteiger partial charge in [-0.05, 0) is 32.1 Å². The van der Waals surface area contributed by atoms with Crippen LogP contribution in [0.2, 0.25) is 0 Å². The van der Waals surface area contributed by atoms with Gasteiger partial charge in [0.15, 0.2) is 0 Å². The summed E-state index contributed by atoms with van der Waals surface area (Å²) in [6.45, 7) is 6.68. The van der Waals surface area contributed by atoms with Crippen LogP contribution in [0, 0.1) is 5.92 Å². The molecular formula is C17H25N3O. The third-order valence-corrected chi connectivity index (χ3v) is 3.45. The van der Waals surface area contributed by atoms with E-state index in [1.54, 1.807) is 0 Å². The molecule has 1 heterocycles. The van der Waals surface area contributed by atoms with Crippen LogP contribution in [-0.2, 0) is 0 Å². The van der Waals surface area contributed by atoms with E-state index in [0.29, 0.717) is 11.6 Å². The lowest BCUT2D eigenvalue weighted by molar-refractivity contribution is 0.0720. The van der Waals surface area contributed by atoms with E-state index >= 15 is 0 Å². The largest absolute Gasteiger partial charge is 0.351 e. The molecule has 0 aliphatic heterocycles. The molecule has 0 bridgehead atoms. The van der Waals surface area contributed by atoms with E-state index in [4.69, 9.17) is 0 Å². The quantitative estimate of drug-likeness (QED) is 0.887. The molecule has 0 unspecified atom stereocenters. The maximum Gasteiger partial charge on any atom is 0.270 e. The second-order valence-corrected chi connectivity index (χ2v) is 6.22. The second kappa shape index (κ2) is 6.76. The van der Waals surface area contributed by atoms with Crippen molar-refractivity contribution >= 4 is 16.8 Å². The van der Waals surface area contributed by atoms with E-state index in [9.17, 15) is 4.79 Å². The highest BCUT2D eigenvalue weighted by Gasteiger charge is 2.18. The summed E-state index contributed by atoms with van der Waals surface area (Å²) in [6.07, 6.45) is 0. The van der Waals surface area contributed by atoms with Crippen LogP contribution in [0.4, 0.5) is 0 Å². The van der Waals surface area contributed by atoms with E-state index < -0.39 is 0 Å². The summed E-state index contributed by atoms with van der Waals surface area (Å²) in [4.78, 5) is 20.0. The number of amides is 1. The number of likely N-dealkylation sites (N-methyl/N-ethyl adjacent to an activating group) is 1. The van der Waals surface area contributed by atoms with Crippen molar-refractivity contribution in [1.82, 2.24) is 14.8 Å². The van der Waals surface area contributed by atoms with Gasteiger partial charge in [-0.2, -0.15) is 0 Å². The Morgan fingerprint density at radius 3 is 2.52 bits per heavy atom. The Morgan fingerprint density at radius 2 is 1.90 bits per heavy atom. The number of para-hydroxylation sites is 1. The van der Waals surface area contributed by atoms with Crippen molar-refractivity contribution in [3.63, 3.8) is 0 Å². The van der Waals surface area contributed by atoms with E-state index in [-0.39, 0.29) is 5.91 Å². The molecule has 0 atom stereocenters. The van der Waals surface area contributed by atoms with Crippen molar-refractivity contribution in [2.75, 3.05) is 33.7 Å². The van der Waals surface area contributed by atoms with Crippen molar-refractivity contribution in [1.29, 1.82) is 0 Å². The minimum atomic E-state index is 0.0850. The van der Waals surface area contributed by atoms with Crippen molar-refractivity contribution in [2.45, 2.75) is 13.8 Å². The zero-order valence-corrected chi connectivity index (χ0v) is 13.4. The highest BCUT2D eigenvalue weighted by molar-refractivity contribution is 5.98. The number of aromatic amines is 1. The van der Waals surface area contributed by atoms with E-state index in [0.717, 1.165) is 30.5 Å². The highest BCUT2D eigenvalue weighted by atomic mass is 16.2. The summed E-state index contributed by atoms with van der Waals surface area (Å²) in [6, 6.07) is 9.93. The fraction of sp³-hybridized carbons (Fsp3) is 0.471. The molecule has 0 spiro atoms. The Morgan fingerprint density at radius 1 is 1.19 bits per heavy atom. The van der Waals surface area contributed by atoms with Crippen LogP contribution < -0.4 is 0 Å². The van der Waals surface area contributed by atoms with Crippen LogP contribution in [0.15, 0.2) is 30.3 Å². The maximum absolute atomic E-state index is 12.7. The summed E-state index contributed by atoms with van der Waals surface area (Å²) in [5.74, 6) is 0.544. The average Bonchev–Trinajstić information content (AvgIpc) is 2.86. The fourth-order valence-corrected chi connectivity index (χ4v) is 2.40. The van der Waals surface area contributed by atoms with Crippen LogP contribution >= 0.6 is 0 Å². The molecule has 0 saturated heterocycles. The predicted molar refractivity (Wildman–Crippen MR) is 87.6 cm³/mol. The lowest BCUT2D eigenvalue weighted by Gasteiger charge is -2.25. The highest BCUT2D eigenvalue weighted by Crippen LogP contribution is 2.16. The van der Waals surface area contributed by atoms with Crippen molar-refractivity contribution < 1.29 is 4.79 Å². The van der Waals surface area contributed by atoms with Crippen molar-refractivity contribution in [3.8, 4) is 0 Å². The minimum absolute atomic E-state index is 0.0850. The number of carbonyl (C=O) groups excluding carboxylic acids is 1. The van der Waals surface area contributed by atoms with Crippen LogP contribution in [-0.4, -0.2) is 54.4 Å². The molecule has 114 valence electrons. The van der Waals surface area contributed by atoms with E-state index in [1.165, 1.54) is 0 Å². The topological polar surface area (TPSA) is 39.3 Å². The Labute approximate surface area is 126 Å². The Hall–Kier alpha value is -1.81. The molecule has 1 aromatic carbocycles. The zero-order valence-electron chi connectivity index (χ0n) is 13.4. The third kappa shape index (κ3) is 4.08. The summed E-state index contributed by atoms with van der Waals surface area (Å²) < 4.78 is 0. The summed E-state index contributed by atoms with van der Waals surface area (Å²) in [5, 5.41) is 1.08. The van der Waals surface area contributed by atoms with Gasteiger partial charge in [0.1, 0.15) is 5.69 Å². The summed E-state index contributed by atoms with van der Waals surface area (Å²) >= 11 is 0. The number of H-pyrrole nitrogens is 1. The van der Waals surface area contributed by atoms with Crippen LogP contribution in [0.5, 0.6) is 0 Å². The number of nitrogens with one attached hydrogen (secondary N) is 1. The van der Waals surface area contributed by atoms with Gasteiger partial charge in [0.25, 0.3) is 5.91 Å². The van der Waals surface area contributed by atoms with Crippen molar-refractivity contribution in [2.24, 2.45) is 5.92 Å². The molecule has 0 saturated carbocycles. The number of benzene rings is 1. The molecule has 21 heavy (non-hydrogen) atoms. The van der Waals surface area contributed by atoms with Gasteiger partial charge in [-0.15, -0.1) is 0 Å². The van der Waals surface area contributed by atoms with Crippen molar-refractivity contribution in [3.05, 3.63) is 36.0 Å².